The molecule has 268 valence electrons. The third kappa shape index (κ3) is 48.6. The van der Waals surface area contributed by atoms with Crippen molar-refractivity contribution in [3.05, 3.63) is 0 Å². The first-order valence-electron chi connectivity index (χ1n) is 18.4. The van der Waals surface area contributed by atoms with E-state index in [1.165, 1.54) is 154 Å². The minimum atomic E-state index is -4.24. The Labute approximate surface area is 274 Å². The first-order valence-corrected chi connectivity index (χ1v) is 21.1. The zero-order valence-electron chi connectivity index (χ0n) is 28.8. The van der Waals surface area contributed by atoms with Crippen LogP contribution in [-0.4, -0.2) is 39.2 Å². The van der Waals surface area contributed by atoms with Crippen molar-refractivity contribution in [2.45, 2.75) is 206 Å². The lowest BCUT2D eigenvalue weighted by atomic mass is 10.0. The summed E-state index contributed by atoms with van der Waals surface area (Å²) in [7, 11) is -8.49. The number of unbranched alkanes of at least 4 members (excludes halogenated alkanes) is 28. The van der Waals surface area contributed by atoms with Gasteiger partial charge in [-0.05, 0) is 12.8 Å². The molecule has 0 unspecified atom stereocenters. The summed E-state index contributed by atoms with van der Waals surface area (Å²) in [6, 6.07) is 0. The molecule has 0 aliphatic carbocycles. The smallest absolute Gasteiger partial charge is 0.264 e. The fraction of sp³-hybridized carbons (Fsp3) is 1.00. The monoisotopic (exact) mass is 672 g/mol. The van der Waals surface area contributed by atoms with Gasteiger partial charge in [-0.15, -0.1) is 0 Å². The molecule has 0 aliphatic heterocycles. The first kappa shape index (κ1) is 45.9. The predicted molar refractivity (Wildman–Crippen MR) is 185 cm³/mol. The number of hydrogen-bond acceptors (Lipinski definition) is 6. The fourth-order valence-electron chi connectivity index (χ4n) is 5.28. The van der Waals surface area contributed by atoms with Crippen LogP contribution in [0, 0.1) is 0 Å². The minimum absolute atomic E-state index is 0.0941. The molecule has 8 nitrogen and oxygen atoms in total. The highest BCUT2D eigenvalue weighted by Gasteiger charge is 2.03. The summed E-state index contributed by atoms with van der Waals surface area (Å²) in [5.74, 6) is 0. The summed E-state index contributed by atoms with van der Waals surface area (Å²) in [6.07, 6.45) is 38.1. The highest BCUT2D eigenvalue weighted by atomic mass is 32.3. The fourth-order valence-corrected chi connectivity index (χ4v) is 5.93. The van der Waals surface area contributed by atoms with Gasteiger partial charge in [0.2, 0.25) is 0 Å². The van der Waals surface area contributed by atoms with E-state index < -0.39 is 20.8 Å². The van der Waals surface area contributed by atoms with Crippen LogP contribution >= 0.6 is 0 Å². The zero-order chi connectivity index (χ0) is 33.0. The maximum absolute atomic E-state index is 10.3. The largest absolute Gasteiger partial charge is 0.397 e. The van der Waals surface area contributed by atoms with Crippen LogP contribution in [-0.2, 0) is 29.2 Å². The van der Waals surface area contributed by atoms with Gasteiger partial charge in [-0.25, -0.2) is 8.37 Å². The Bertz CT molecular complexity index is 757. The summed E-state index contributed by atoms with van der Waals surface area (Å²) < 4.78 is 66.6. The van der Waals surface area contributed by atoms with E-state index in [0.29, 0.717) is 12.8 Å². The third-order valence-electron chi connectivity index (χ3n) is 7.96. The standard InChI is InChI=1S/C18H38O4S.C16H34O4S/c1-2-3-4-5-6-7-8-9-10-11-12-13-14-15-16-17-18-22-23(19,20)21;1-2-3-4-5-6-7-8-9-10-11-12-13-14-15-16-20-21(17,18)19/h2-18H2,1H3,(H,19,20,21);2-16H2,1H3,(H,17,18,19). The van der Waals surface area contributed by atoms with Crippen LogP contribution in [0.5, 0.6) is 0 Å². The third-order valence-corrected chi connectivity index (χ3v) is 8.89. The van der Waals surface area contributed by atoms with Crippen LogP contribution in [0.3, 0.4) is 0 Å². The van der Waals surface area contributed by atoms with Crippen LogP contribution in [0.15, 0.2) is 0 Å². The lowest BCUT2D eigenvalue weighted by Gasteiger charge is -2.03. The van der Waals surface area contributed by atoms with Crippen molar-refractivity contribution in [1.82, 2.24) is 0 Å². The molecule has 0 aromatic heterocycles. The highest BCUT2D eigenvalue weighted by Crippen LogP contribution is 2.15. The van der Waals surface area contributed by atoms with Gasteiger partial charge in [-0.1, -0.05) is 194 Å². The second kappa shape index (κ2) is 35.6. The van der Waals surface area contributed by atoms with E-state index in [1.54, 1.807) is 0 Å². The summed E-state index contributed by atoms with van der Waals surface area (Å²) in [5.41, 5.74) is 0. The Morgan fingerprint density at radius 1 is 0.318 bits per heavy atom. The molecule has 0 aromatic rings. The summed E-state index contributed by atoms with van der Waals surface area (Å²) >= 11 is 0. The van der Waals surface area contributed by atoms with E-state index in [-0.39, 0.29) is 13.2 Å². The molecule has 0 saturated heterocycles. The molecule has 0 bridgehead atoms. The molecule has 44 heavy (non-hydrogen) atoms. The number of hydrogen-bond donors (Lipinski definition) is 2. The van der Waals surface area contributed by atoms with E-state index in [0.717, 1.165) is 25.7 Å². The maximum atomic E-state index is 10.3. The average Bonchev–Trinajstić information content (AvgIpc) is 2.96. The molecule has 0 heterocycles. The van der Waals surface area contributed by atoms with Crippen molar-refractivity contribution in [3.63, 3.8) is 0 Å². The SMILES string of the molecule is CCCCCCCCCCCCCCCCCCOS(=O)(=O)O.CCCCCCCCCCCCCCCCOS(=O)(=O)O. The van der Waals surface area contributed by atoms with Gasteiger partial charge < -0.3 is 0 Å². The predicted octanol–water partition coefficient (Wildman–Crippen LogP) is 11.4. The second-order valence-corrected chi connectivity index (χ2v) is 14.6. The summed E-state index contributed by atoms with van der Waals surface area (Å²) in [6.45, 7) is 4.70. The normalized spacial score (nSPS) is 11.9. The molecule has 10 heteroatoms. The van der Waals surface area contributed by atoms with Crippen molar-refractivity contribution in [3.8, 4) is 0 Å². The Kier molecular flexibility index (Phi) is 37.1. The zero-order valence-corrected chi connectivity index (χ0v) is 30.4. The molecule has 0 spiro atoms. The van der Waals surface area contributed by atoms with Crippen LogP contribution in [0.2, 0.25) is 0 Å². The van der Waals surface area contributed by atoms with Crippen LogP contribution in [0.1, 0.15) is 206 Å². The van der Waals surface area contributed by atoms with E-state index in [1.807, 2.05) is 0 Å². The maximum Gasteiger partial charge on any atom is 0.397 e. The molecule has 0 atom stereocenters. The minimum Gasteiger partial charge on any atom is -0.264 e. The number of rotatable bonds is 34. The van der Waals surface area contributed by atoms with E-state index in [9.17, 15) is 16.8 Å². The molecule has 2 N–H and O–H groups in total. The van der Waals surface area contributed by atoms with Crippen molar-refractivity contribution < 1.29 is 34.3 Å². The van der Waals surface area contributed by atoms with Crippen molar-refractivity contribution in [2.24, 2.45) is 0 Å². The summed E-state index contributed by atoms with van der Waals surface area (Å²) in [4.78, 5) is 0. The van der Waals surface area contributed by atoms with Crippen molar-refractivity contribution in [2.75, 3.05) is 13.2 Å². The van der Waals surface area contributed by atoms with Gasteiger partial charge in [0.25, 0.3) is 0 Å². The molecule has 0 amide bonds. The molecule has 0 radical (unpaired) electrons. The quantitative estimate of drug-likeness (QED) is 0.0510. The van der Waals surface area contributed by atoms with Gasteiger partial charge in [-0.3, -0.25) is 9.11 Å². The van der Waals surface area contributed by atoms with E-state index >= 15 is 0 Å². The van der Waals surface area contributed by atoms with Gasteiger partial charge in [-0.2, -0.15) is 16.8 Å². The van der Waals surface area contributed by atoms with Crippen molar-refractivity contribution in [1.29, 1.82) is 0 Å². The Balaban J connectivity index is 0. The average molecular weight is 673 g/mol. The Morgan fingerprint density at radius 2 is 0.477 bits per heavy atom. The van der Waals surface area contributed by atoms with Crippen LogP contribution < -0.4 is 0 Å². The molecule has 0 fully saturated rings. The molecule has 0 rings (SSSR count). The second-order valence-electron chi connectivity index (χ2n) is 12.4. The van der Waals surface area contributed by atoms with Gasteiger partial charge in [0.15, 0.2) is 0 Å². The van der Waals surface area contributed by atoms with E-state index in [4.69, 9.17) is 9.11 Å². The lowest BCUT2D eigenvalue weighted by molar-refractivity contribution is 0.260. The van der Waals surface area contributed by atoms with Crippen LogP contribution in [0.4, 0.5) is 0 Å². The Morgan fingerprint density at radius 3 is 0.636 bits per heavy atom. The molecule has 0 aliphatic rings. The summed E-state index contributed by atoms with van der Waals surface area (Å²) in [5, 5.41) is 0. The molecular weight excluding hydrogens is 601 g/mol. The topological polar surface area (TPSA) is 127 Å². The lowest BCUT2D eigenvalue weighted by Crippen LogP contribution is -2.04. The van der Waals surface area contributed by atoms with E-state index in [2.05, 4.69) is 22.2 Å². The molecular formula is C34H72O8S2. The van der Waals surface area contributed by atoms with Gasteiger partial charge in [0.1, 0.15) is 0 Å². The van der Waals surface area contributed by atoms with Gasteiger partial charge in [0.05, 0.1) is 13.2 Å². The molecule has 0 aromatic carbocycles. The van der Waals surface area contributed by atoms with Gasteiger partial charge >= 0.3 is 20.8 Å². The highest BCUT2D eigenvalue weighted by molar-refractivity contribution is 7.81. The Hall–Kier alpha value is -0.260. The van der Waals surface area contributed by atoms with Crippen molar-refractivity contribution >= 4 is 20.8 Å². The van der Waals surface area contributed by atoms with Crippen LogP contribution in [0.25, 0.3) is 0 Å². The molecule has 0 saturated carbocycles. The van der Waals surface area contributed by atoms with Gasteiger partial charge in [0, 0.05) is 0 Å². The first-order chi connectivity index (χ1) is 21.1.